The van der Waals surface area contributed by atoms with Crippen LogP contribution in [0.25, 0.3) is 0 Å². The van der Waals surface area contributed by atoms with Gasteiger partial charge < -0.3 is 16.6 Å². The van der Waals surface area contributed by atoms with E-state index in [0.29, 0.717) is 0 Å². The Morgan fingerprint density at radius 2 is 1.92 bits per heavy atom. The molecule has 5 N–H and O–H groups in total. The summed E-state index contributed by atoms with van der Waals surface area (Å²) in [6.45, 7) is -0.0953. The van der Waals surface area contributed by atoms with Crippen LogP contribution in [0.2, 0.25) is 0 Å². The second kappa shape index (κ2) is 4.47. The van der Waals surface area contributed by atoms with E-state index < -0.39 is 0 Å². The number of nitrogens with zero attached hydrogens (tertiary/aromatic N) is 1. The van der Waals surface area contributed by atoms with Crippen molar-refractivity contribution in [3.8, 4) is 0 Å². The van der Waals surface area contributed by atoms with Crippen LogP contribution in [0.15, 0.2) is 35.3 Å². The van der Waals surface area contributed by atoms with Crippen molar-refractivity contribution in [3.05, 3.63) is 35.9 Å². The predicted molar refractivity (Wildman–Crippen MR) is 52.1 cm³/mol. The van der Waals surface area contributed by atoms with Gasteiger partial charge in [-0.15, -0.1) is 0 Å². The highest BCUT2D eigenvalue weighted by atomic mass is 16.3. The molecule has 0 aliphatic carbocycles. The Bertz CT molecular complexity index is 280. The van der Waals surface area contributed by atoms with E-state index in [4.69, 9.17) is 16.6 Å². The van der Waals surface area contributed by atoms with Crippen molar-refractivity contribution in [3.63, 3.8) is 0 Å². The van der Waals surface area contributed by atoms with Gasteiger partial charge in [0.05, 0.1) is 6.61 Å². The Hall–Kier alpha value is -1.55. The van der Waals surface area contributed by atoms with E-state index in [9.17, 15) is 0 Å². The number of nitrogens with two attached hydrogens (primary N) is 2. The Morgan fingerprint density at radius 3 is 2.38 bits per heavy atom. The van der Waals surface area contributed by atoms with Gasteiger partial charge in [-0.1, -0.05) is 30.3 Å². The number of aliphatic hydroxyl groups is 1. The third kappa shape index (κ3) is 2.76. The summed E-state index contributed by atoms with van der Waals surface area (Å²) in [6, 6.07) is 9.03. The second-order valence-corrected chi connectivity index (χ2v) is 2.66. The highest BCUT2D eigenvalue weighted by molar-refractivity contribution is 5.76. The highest BCUT2D eigenvalue weighted by Crippen LogP contribution is 2.15. The fourth-order valence-corrected chi connectivity index (χ4v) is 1.08. The Kier molecular flexibility index (Phi) is 3.28. The highest BCUT2D eigenvalue weighted by Gasteiger charge is 2.07. The molecule has 13 heavy (non-hydrogen) atoms. The molecule has 4 heteroatoms. The molecule has 0 aromatic heterocycles. The smallest absolute Gasteiger partial charge is 0.186 e. The van der Waals surface area contributed by atoms with E-state index in [0.717, 1.165) is 5.56 Å². The van der Waals surface area contributed by atoms with Crippen molar-refractivity contribution in [2.45, 2.75) is 6.04 Å². The van der Waals surface area contributed by atoms with E-state index in [1.165, 1.54) is 0 Å². The van der Waals surface area contributed by atoms with Gasteiger partial charge in [-0.05, 0) is 5.56 Å². The number of rotatable bonds is 3. The number of hydrogen-bond acceptors (Lipinski definition) is 2. The van der Waals surface area contributed by atoms with Crippen LogP contribution in [0.5, 0.6) is 0 Å². The van der Waals surface area contributed by atoms with Gasteiger partial charge in [0.2, 0.25) is 0 Å². The van der Waals surface area contributed by atoms with Crippen molar-refractivity contribution >= 4 is 5.96 Å². The average Bonchev–Trinajstić information content (AvgIpc) is 2.15. The summed E-state index contributed by atoms with van der Waals surface area (Å²) in [4.78, 5) is 3.89. The predicted octanol–water partition coefficient (Wildman–Crippen LogP) is -0.00660. The molecular formula is C9H13N3O. The van der Waals surface area contributed by atoms with E-state index in [-0.39, 0.29) is 18.6 Å². The SMILES string of the molecule is NC(N)=N[C@H](CO)c1ccccc1. The molecule has 0 amide bonds. The standard InChI is InChI=1S/C9H13N3O/c10-9(11)12-8(6-13)7-4-2-1-3-5-7/h1-5,8,13H,6H2,(H4,10,11,12)/t8-/m1/s1. The number of aliphatic hydroxyl groups excluding tert-OH is 1. The lowest BCUT2D eigenvalue weighted by Crippen LogP contribution is -2.24. The first-order valence-corrected chi connectivity index (χ1v) is 3.98. The van der Waals surface area contributed by atoms with Gasteiger partial charge in [-0.25, -0.2) is 4.99 Å². The van der Waals surface area contributed by atoms with Gasteiger partial charge >= 0.3 is 0 Å². The van der Waals surface area contributed by atoms with E-state index >= 15 is 0 Å². The lowest BCUT2D eigenvalue weighted by Gasteiger charge is -2.09. The molecule has 0 spiro atoms. The summed E-state index contributed by atoms with van der Waals surface area (Å²) in [7, 11) is 0. The first-order valence-electron chi connectivity index (χ1n) is 3.98. The number of aliphatic imine (C=N–C) groups is 1. The Balaban J connectivity index is 2.85. The Morgan fingerprint density at radius 1 is 1.31 bits per heavy atom. The minimum Gasteiger partial charge on any atom is -0.394 e. The van der Waals surface area contributed by atoms with Crippen molar-refractivity contribution in [1.29, 1.82) is 0 Å². The van der Waals surface area contributed by atoms with Crippen LogP contribution in [-0.2, 0) is 0 Å². The van der Waals surface area contributed by atoms with Crippen molar-refractivity contribution < 1.29 is 5.11 Å². The summed E-state index contributed by atoms with van der Waals surface area (Å²) in [6.07, 6.45) is 0. The van der Waals surface area contributed by atoms with Gasteiger partial charge in [0.1, 0.15) is 6.04 Å². The minimum absolute atomic E-state index is 0.0112. The topological polar surface area (TPSA) is 84.6 Å². The summed E-state index contributed by atoms with van der Waals surface area (Å²) < 4.78 is 0. The van der Waals surface area contributed by atoms with Gasteiger partial charge in [0, 0.05) is 0 Å². The molecule has 0 radical (unpaired) electrons. The molecule has 1 aromatic carbocycles. The van der Waals surface area contributed by atoms with Gasteiger partial charge in [0.25, 0.3) is 0 Å². The summed E-state index contributed by atoms with van der Waals surface area (Å²) >= 11 is 0. The lowest BCUT2D eigenvalue weighted by molar-refractivity contribution is 0.269. The van der Waals surface area contributed by atoms with Crippen LogP contribution < -0.4 is 11.5 Å². The molecular weight excluding hydrogens is 166 g/mol. The Labute approximate surface area is 76.9 Å². The lowest BCUT2D eigenvalue weighted by atomic mass is 10.1. The largest absolute Gasteiger partial charge is 0.394 e. The van der Waals surface area contributed by atoms with Gasteiger partial charge in [-0.2, -0.15) is 0 Å². The van der Waals surface area contributed by atoms with E-state index in [1.54, 1.807) is 0 Å². The third-order valence-corrected chi connectivity index (χ3v) is 1.66. The van der Waals surface area contributed by atoms with Crippen molar-refractivity contribution in [2.24, 2.45) is 16.5 Å². The molecule has 1 atom stereocenters. The van der Waals surface area contributed by atoms with E-state index in [1.807, 2.05) is 30.3 Å². The molecule has 0 unspecified atom stereocenters. The van der Waals surface area contributed by atoms with E-state index in [2.05, 4.69) is 4.99 Å². The molecule has 0 aliphatic heterocycles. The third-order valence-electron chi connectivity index (χ3n) is 1.66. The van der Waals surface area contributed by atoms with Crippen LogP contribution >= 0.6 is 0 Å². The van der Waals surface area contributed by atoms with Crippen molar-refractivity contribution in [1.82, 2.24) is 0 Å². The average molecular weight is 179 g/mol. The summed E-state index contributed by atoms with van der Waals surface area (Å²) in [5.74, 6) is -0.0112. The molecule has 4 nitrogen and oxygen atoms in total. The number of hydrogen-bond donors (Lipinski definition) is 3. The first-order chi connectivity index (χ1) is 6.24. The molecule has 1 aromatic rings. The normalized spacial score (nSPS) is 12.1. The quantitative estimate of drug-likeness (QED) is 0.451. The zero-order valence-corrected chi connectivity index (χ0v) is 7.22. The molecule has 0 bridgehead atoms. The molecule has 0 saturated carbocycles. The van der Waals surface area contributed by atoms with Gasteiger partial charge in [0.15, 0.2) is 5.96 Å². The maximum atomic E-state index is 9.01. The number of guanidine groups is 1. The monoisotopic (exact) mass is 179 g/mol. The van der Waals surface area contributed by atoms with Crippen LogP contribution in [0.4, 0.5) is 0 Å². The summed E-state index contributed by atoms with van der Waals surface area (Å²) in [5, 5.41) is 9.01. The zero-order chi connectivity index (χ0) is 9.68. The van der Waals surface area contributed by atoms with Crippen LogP contribution in [0.1, 0.15) is 11.6 Å². The summed E-state index contributed by atoms with van der Waals surface area (Å²) in [5.41, 5.74) is 11.3. The minimum atomic E-state index is -0.355. The molecule has 1 rings (SSSR count). The molecule has 70 valence electrons. The van der Waals surface area contributed by atoms with Crippen LogP contribution in [0.3, 0.4) is 0 Å². The van der Waals surface area contributed by atoms with Crippen molar-refractivity contribution in [2.75, 3.05) is 6.61 Å². The fourth-order valence-electron chi connectivity index (χ4n) is 1.08. The van der Waals surface area contributed by atoms with Crippen LogP contribution in [-0.4, -0.2) is 17.7 Å². The molecule has 0 aliphatic rings. The first kappa shape index (κ1) is 9.54. The molecule has 0 fully saturated rings. The van der Waals surface area contributed by atoms with Gasteiger partial charge in [-0.3, -0.25) is 0 Å². The second-order valence-electron chi connectivity index (χ2n) is 2.66. The molecule has 0 heterocycles. The maximum absolute atomic E-state index is 9.01. The number of benzene rings is 1. The van der Waals surface area contributed by atoms with Crippen LogP contribution in [0, 0.1) is 0 Å². The fraction of sp³-hybridized carbons (Fsp3) is 0.222. The maximum Gasteiger partial charge on any atom is 0.186 e. The molecule has 0 saturated heterocycles. The zero-order valence-electron chi connectivity index (χ0n) is 7.22.